The first kappa shape index (κ1) is 25.6. The van der Waals surface area contributed by atoms with Crippen LogP contribution in [-0.4, -0.2) is 17.8 Å². The van der Waals surface area contributed by atoms with E-state index >= 15 is 0 Å². The van der Waals surface area contributed by atoms with Crippen molar-refractivity contribution in [1.29, 1.82) is 5.26 Å². The highest BCUT2D eigenvalue weighted by Gasteiger charge is 2.44. The van der Waals surface area contributed by atoms with Crippen LogP contribution in [0.4, 0.5) is 27.6 Å². The molecule has 0 amide bonds. The predicted octanol–water partition coefficient (Wildman–Crippen LogP) is 7.74. The number of nitrogens with zero attached hydrogens (tertiary/aromatic N) is 2. The number of nitriles is 1. The van der Waals surface area contributed by atoms with E-state index < -0.39 is 18.9 Å². The van der Waals surface area contributed by atoms with Crippen molar-refractivity contribution in [2.45, 2.75) is 57.5 Å². The molecule has 3 aromatic rings. The Hall–Kier alpha value is -2.52. The van der Waals surface area contributed by atoms with Gasteiger partial charge in [-0.2, -0.15) is 27.2 Å². The number of hydrogen-bond acceptors (Lipinski definition) is 4. The molecular weight excluding hydrogens is 580 g/mol. The van der Waals surface area contributed by atoms with Crippen molar-refractivity contribution < 1.29 is 26.7 Å². The molecule has 184 valence electrons. The Bertz CT molecular complexity index is 1290. The summed E-state index contributed by atoms with van der Waals surface area (Å²) in [5, 5.41) is 13.5. The topological polar surface area (TPSA) is 57.9 Å². The van der Waals surface area contributed by atoms with E-state index in [0.29, 0.717) is 38.4 Å². The normalized spacial score (nSPS) is 17.3. The number of hydrogen-bond donors (Lipinski definition) is 1. The maximum absolute atomic E-state index is 13.8. The van der Waals surface area contributed by atoms with E-state index in [4.69, 9.17) is 5.26 Å². The van der Waals surface area contributed by atoms with E-state index in [1.165, 1.54) is 12.1 Å². The average Bonchev–Trinajstić information content (AvgIpc) is 2.86. The summed E-state index contributed by atoms with van der Waals surface area (Å²) in [7, 11) is 0. The summed E-state index contributed by atoms with van der Waals surface area (Å²) in [5.41, 5.74) is 3.07. The molecule has 2 atom stereocenters. The zero-order valence-corrected chi connectivity index (χ0v) is 20.8. The lowest BCUT2D eigenvalue weighted by molar-refractivity contribution is -0.276. The number of ether oxygens (including phenoxy) is 1. The maximum Gasteiger partial charge on any atom is 0.419 e. The monoisotopic (exact) mass is 601 g/mol. The summed E-state index contributed by atoms with van der Waals surface area (Å²) in [6, 6.07) is 11.7. The van der Waals surface area contributed by atoms with Crippen LogP contribution in [0, 0.1) is 21.8 Å². The molecule has 2 heterocycles. The number of anilines is 1. The number of aryl methyl sites for hydroxylation is 2. The zero-order chi connectivity index (χ0) is 25.3. The van der Waals surface area contributed by atoms with Gasteiger partial charge in [0.15, 0.2) is 6.10 Å². The molecule has 2 bridgehead atoms. The molecule has 4 rings (SSSR count). The second kappa shape index (κ2) is 10.2. The van der Waals surface area contributed by atoms with Crippen molar-refractivity contribution in [2.24, 2.45) is 0 Å². The van der Waals surface area contributed by atoms with E-state index in [2.05, 4.69) is 15.0 Å². The van der Waals surface area contributed by atoms with E-state index in [9.17, 15) is 22.0 Å². The Labute approximate surface area is 212 Å². The van der Waals surface area contributed by atoms with E-state index in [-0.39, 0.29) is 11.6 Å². The minimum Gasteiger partial charge on any atom is -0.378 e. The second-order valence-electron chi connectivity index (χ2n) is 8.44. The predicted molar refractivity (Wildman–Crippen MR) is 130 cm³/mol. The molecule has 1 aromatic heterocycles. The van der Waals surface area contributed by atoms with Crippen LogP contribution in [0.5, 0.6) is 0 Å². The van der Waals surface area contributed by atoms with Gasteiger partial charge in [0.1, 0.15) is 11.8 Å². The van der Waals surface area contributed by atoms with Crippen molar-refractivity contribution in [3.63, 3.8) is 0 Å². The van der Waals surface area contributed by atoms with Gasteiger partial charge in [0.2, 0.25) is 0 Å². The SMILES string of the molecule is Cc1nc(C#N)ccc1C1CCCCc2cc(cc3c(I)ccc(C(OC(F)F)C(F)(F)F)c23)N1. The van der Waals surface area contributed by atoms with Crippen LogP contribution >= 0.6 is 22.6 Å². The number of benzene rings is 2. The Morgan fingerprint density at radius 2 is 1.94 bits per heavy atom. The van der Waals surface area contributed by atoms with Gasteiger partial charge in [0.25, 0.3) is 0 Å². The van der Waals surface area contributed by atoms with E-state index in [0.717, 1.165) is 29.8 Å². The minimum absolute atomic E-state index is 0.107. The first-order valence-electron chi connectivity index (χ1n) is 11.0. The molecular formula is C25H21F5IN3O. The molecule has 2 aromatic carbocycles. The van der Waals surface area contributed by atoms with Gasteiger partial charge in [-0.25, -0.2) is 4.98 Å². The summed E-state index contributed by atoms with van der Waals surface area (Å²) >= 11 is 2.04. The fourth-order valence-corrected chi connectivity index (χ4v) is 5.27. The highest BCUT2D eigenvalue weighted by atomic mass is 127. The Morgan fingerprint density at radius 3 is 2.60 bits per heavy atom. The van der Waals surface area contributed by atoms with Crippen LogP contribution in [0.3, 0.4) is 0 Å². The summed E-state index contributed by atoms with van der Waals surface area (Å²) in [5.74, 6) is 0. The quantitative estimate of drug-likeness (QED) is 0.246. The molecule has 1 aliphatic heterocycles. The van der Waals surface area contributed by atoms with Gasteiger partial charge in [-0.05, 0) is 101 Å². The number of alkyl halides is 5. The van der Waals surface area contributed by atoms with E-state index in [1.807, 2.05) is 41.7 Å². The highest BCUT2D eigenvalue weighted by Crippen LogP contribution is 2.43. The molecule has 4 nitrogen and oxygen atoms in total. The minimum atomic E-state index is -5.00. The molecule has 0 saturated carbocycles. The molecule has 0 fully saturated rings. The summed E-state index contributed by atoms with van der Waals surface area (Å²) in [6.45, 7) is -1.72. The lowest BCUT2D eigenvalue weighted by Crippen LogP contribution is -2.26. The standard InChI is InChI=1S/C25H21F5IN3O/c1-13-17(7-6-15(12-32)33-13)21-5-3-2-4-14-10-16(34-21)11-19-20(31)9-8-18(22(14)19)23(25(28,29)30)35-24(26)27/h6-11,21,23-24,34H,2-5H2,1H3. The van der Waals surface area contributed by atoms with Gasteiger partial charge in [-0.15, -0.1) is 0 Å². The number of pyridine rings is 1. The van der Waals surface area contributed by atoms with Crippen LogP contribution in [0.2, 0.25) is 0 Å². The lowest BCUT2D eigenvalue weighted by Gasteiger charge is -2.25. The van der Waals surface area contributed by atoms with Gasteiger partial charge in [0, 0.05) is 15.0 Å². The average molecular weight is 601 g/mol. The fraction of sp³-hybridized carbons (Fsp3) is 0.360. The van der Waals surface area contributed by atoms with Crippen LogP contribution in [-0.2, 0) is 11.2 Å². The van der Waals surface area contributed by atoms with Gasteiger partial charge in [0.05, 0.1) is 6.04 Å². The number of halogens is 6. The summed E-state index contributed by atoms with van der Waals surface area (Å²) in [6.07, 6.45) is -4.99. The van der Waals surface area contributed by atoms with Gasteiger partial charge >= 0.3 is 12.8 Å². The van der Waals surface area contributed by atoms with Crippen LogP contribution < -0.4 is 5.32 Å². The van der Waals surface area contributed by atoms with Crippen LogP contribution in [0.1, 0.15) is 59.5 Å². The third-order valence-corrected chi connectivity index (χ3v) is 7.08. The third-order valence-electron chi connectivity index (χ3n) is 6.14. The molecule has 0 spiro atoms. The molecule has 0 saturated heterocycles. The van der Waals surface area contributed by atoms with Crippen molar-refractivity contribution in [3.8, 4) is 6.07 Å². The first-order valence-corrected chi connectivity index (χ1v) is 12.1. The van der Waals surface area contributed by atoms with Crippen molar-refractivity contribution in [2.75, 3.05) is 5.32 Å². The van der Waals surface area contributed by atoms with Gasteiger partial charge < -0.3 is 10.1 Å². The Balaban J connectivity index is 1.84. The molecule has 2 unspecified atom stereocenters. The Kier molecular flexibility index (Phi) is 7.47. The molecule has 0 radical (unpaired) electrons. The summed E-state index contributed by atoms with van der Waals surface area (Å²) < 4.78 is 72.0. The summed E-state index contributed by atoms with van der Waals surface area (Å²) in [4.78, 5) is 4.33. The van der Waals surface area contributed by atoms with E-state index in [1.54, 1.807) is 18.2 Å². The maximum atomic E-state index is 13.8. The number of rotatable bonds is 4. The second-order valence-corrected chi connectivity index (χ2v) is 9.60. The fourth-order valence-electron chi connectivity index (χ4n) is 4.67. The molecule has 0 aliphatic carbocycles. The third kappa shape index (κ3) is 5.51. The first-order chi connectivity index (χ1) is 16.6. The van der Waals surface area contributed by atoms with Gasteiger partial charge in [-0.3, -0.25) is 0 Å². The number of nitrogens with one attached hydrogen (secondary N) is 1. The largest absolute Gasteiger partial charge is 0.419 e. The zero-order valence-electron chi connectivity index (χ0n) is 18.6. The van der Waals surface area contributed by atoms with Crippen molar-refractivity contribution >= 4 is 39.1 Å². The van der Waals surface area contributed by atoms with Crippen LogP contribution in [0.25, 0.3) is 10.8 Å². The molecule has 1 aliphatic rings. The van der Waals surface area contributed by atoms with Crippen LogP contribution in [0.15, 0.2) is 36.4 Å². The number of fused-ring (bicyclic) bond motifs is 4. The lowest BCUT2D eigenvalue weighted by atomic mass is 9.92. The van der Waals surface area contributed by atoms with Gasteiger partial charge in [-0.1, -0.05) is 18.6 Å². The molecule has 10 heteroatoms. The smallest absolute Gasteiger partial charge is 0.378 e. The molecule has 35 heavy (non-hydrogen) atoms. The Morgan fingerprint density at radius 1 is 1.17 bits per heavy atom. The van der Waals surface area contributed by atoms with Crippen molar-refractivity contribution in [3.05, 3.63) is 68.0 Å². The van der Waals surface area contributed by atoms with Crippen molar-refractivity contribution in [1.82, 2.24) is 4.98 Å². The highest BCUT2D eigenvalue weighted by molar-refractivity contribution is 14.1. The number of aromatic nitrogens is 1. The molecule has 1 N–H and O–H groups in total.